The van der Waals surface area contributed by atoms with Crippen molar-refractivity contribution >= 4 is 11.9 Å². The van der Waals surface area contributed by atoms with Crippen molar-refractivity contribution in [2.24, 2.45) is 5.73 Å². The van der Waals surface area contributed by atoms with E-state index in [9.17, 15) is 14.7 Å². The van der Waals surface area contributed by atoms with Crippen LogP contribution in [0.5, 0.6) is 0 Å². The van der Waals surface area contributed by atoms with E-state index in [0.717, 1.165) is 0 Å². The number of carbonyl (C=O) groups is 2. The van der Waals surface area contributed by atoms with Crippen molar-refractivity contribution in [2.75, 3.05) is 6.54 Å². The lowest BCUT2D eigenvalue weighted by atomic mass is 10.1. The van der Waals surface area contributed by atoms with E-state index in [2.05, 4.69) is 0 Å². The number of rotatable bonds is 7. The number of hydrogen-bond acceptors (Lipinski definition) is 4. The smallest absolute Gasteiger partial charge is 0.321 e. The fourth-order valence-electron chi connectivity index (χ4n) is 1.41. The Morgan fingerprint density at radius 1 is 1.40 bits per heavy atom. The van der Waals surface area contributed by atoms with Crippen LogP contribution in [0.1, 0.15) is 26.7 Å². The van der Waals surface area contributed by atoms with Crippen LogP contribution < -0.4 is 5.73 Å². The van der Waals surface area contributed by atoms with Crippen LogP contribution in [0.4, 0.5) is 0 Å². The Bertz CT molecular complexity index is 232. The zero-order valence-corrected chi connectivity index (χ0v) is 9.01. The van der Waals surface area contributed by atoms with Crippen molar-refractivity contribution < 1.29 is 19.8 Å². The number of carbonyl (C=O) groups excluding carboxylic acids is 1. The quantitative estimate of drug-likeness (QED) is 0.493. The molecule has 0 aromatic heterocycles. The second kappa shape index (κ2) is 6.36. The summed E-state index contributed by atoms with van der Waals surface area (Å²) in [7, 11) is 0. The van der Waals surface area contributed by atoms with E-state index in [1.807, 2.05) is 0 Å². The van der Waals surface area contributed by atoms with Gasteiger partial charge in [-0.15, -0.1) is 0 Å². The van der Waals surface area contributed by atoms with Crippen LogP contribution in [0.25, 0.3) is 0 Å². The Hall–Kier alpha value is -1.14. The first kappa shape index (κ1) is 13.9. The molecule has 1 amide bonds. The van der Waals surface area contributed by atoms with Gasteiger partial charge in [-0.3, -0.25) is 14.5 Å². The van der Waals surface area contributed by atoms with Crippen LogP contribution in [-0.2, 0) is 9.59 Å². The van der Waals surface area contributed by atoms with Gasteiger partial charge in [0, 0.05) is 0 Å². The molecule has 0 spiro atoms. The Morgan fingerprint density at radius 2 is 1.93 bits per heavy atom. The van der Waals surface area contributed by atoms with E-state index < -0.39 is 24.1 Å². The molecule has 0 aliphatic carbocycles. The molecule has 2 unspecified atom stereocenters. The van der Waals surface area contributed by atoms with Gasteiger partial charge in [0.05, 0.1) is 6.42 Å². The van der Waals surface area contributed by atoms with Crippen molar-refractivity contribution in [2.45, 2.75) is 39.0 Å². The second-order valence-electron chi connectivity index (χ2n) is 3.24. The molecule has 0 heterocycles. The fraction of sp³-hybridized carbons (Fsp3) is 0.778. The molecule has 0 saturated heterocycles. The number of carboxylic acids is 1. The molecule has 0 aliphatic rings. The summed E-state index contributed by atoms with van der Waals surface area (Å²) < 4.78 is 0. The van der Waals surface area contributed by atoms with Crippen molar-refractivity contribution in [3.63, 3.8) is 0 Å². The third-order valence-corrected chi connectivity index (χ3v) is 2.19. The van der Waals surface area contributed by atoms with Gasteiger partial charge < -0.3 is 15.9 Å². The summed E-state index contributed by atoms with van der Waals surface area (Å²) >= 11 is 0. The molecule has 0 fully saturated rings. The minimum absolute atomic E-state index is 0.291. The standard InChI is InChI=1S/C9H18N2O4/c1-3-8(13)11(4-2)6(9(14)15)5-7(10)12/h6,8,13H,3-5H2,1-2H3,(H2,10,12)(H,14,15). The average molecular weight is 218 g/mol. The molecule has 15 heavy (non-hydrogen) atoms. The Morgan fingerprint density at radius 3 is 2.20 bits per heavy atom. The minimum atomic E-state index is -1.15. The Balaban J connectivity index is 4.69. The van der Waals surface area contributed by atoms with Crippen LogP contribution in [-0.4, -0.2) is 45.8 Å². The molecule has 0 rings (SSSR count). The molecule has 0 saturated carbocycles. The molecule has 6 nitrogen and oxygen atoms in total. The normalized spacial score (nSPS) is 14.9. The highest BCUT2D eigenvalue weighted by Gasteiger charge is 2.29. The van der Waals surface area contributed by atoms with Gasteiger partial charge in [-0.1, -0.05) is 13.8 Å². The Kier molecular flexibility index (Phi) is 5.88. The summed E-state index contributed by atoms with van der Waals surface area (Å²) in [5.41, 5.74) is 4.95. The van der Waals surface area contributed by atoms with Crippen LogP contribution in [0.3, 0.4) is 0 Å². The van der Waals surface area contributed by atoms with Gasteiger partial charge in [-0.2, -0.15) is 0 Å². The van der Waals surface area contributed by atoms with Crippen LogP contribution in [0, 0.1) is 0 Å². The molecule has 4 N–H and O–H groups in total. The summed E-state index contributed by atoms with van der Waals surface area (Å²) in [4.78, 5) is 22.9. The highest BCUT2D eigenvalue weighted by molar-refractivity contribution is 5.83. The molecule has 88 valence electrons. The number of primary amides is 1. The van der Waals surface area contributed by atoms with Gasteiger partial charge >= 0.3 is 5.97 Å². The van der Waals surface area contributed by atoms with E-state index in [4.69, 9.17) is 10.8 Å². The summed E-state index contributed by atoms with van der Waals surface area (Å²) in [6.45, 7) is 3.80. The topological polar surface area (TPSA) is 104 Å². The summed E-state index contributed by atoms with van der Waals surface area (Å²) in [6.07, 6.45) is -0.758. The SMILES string of the molecule is CCC(O)N(CC)C(CC(N)=O)C(=O)O. The van der Waals surface area contributed by atoms with Gasteiger partial charge in [-0.05, 0) is 13.0 Å². The molecule has 6 heteroatoms. The fourth-order valence-corrected chi connectivity index (χ4v) is 1.41. The second-order valence-corrected chi connectivity index (χ2v) is 3.24. The largest absolute Gasteiger partial charge is 0.480 e. The van der Waals surface area contributed by atoms with Gasteiger partial charge in [0.2, 0.25) is 5.91 Å². The molecule has 0 aliphatic heterocycles. The summed E-state index contributed by atoms with van der Waals surface area (Å²) in [5.74, 6) is -1.84. The van der Waals surface area contributed by atoms with Crippen LogP contribution in [0.15, 0.2) is 0 Å². The van der Waals surface area contributed by atoms with Crippen molar-refractivity contribution in [1.82, 2.24) is 4.90 Å². The maximum absolute atomic E-state index is 10.9. The molecule has 0 radical (unpaired) electrons. The lowest BCUT2D eigenvalue weighted by Crippen LogP contribution is -2.48. The number of hydrogen-bond donors (Lipinski definition) is 3. The number of aliphatic carboxylic acids is 1. The molecular weight excluding hydrogens is 200 g/mol. The third-order valence-electron chi connectivity index (χ3n) is 2.19. The maximum atomic E-state index is 10.9. The average Bonchev–Trinajstić information content (AvgIpc) is 2.16. The Labute approximate surface area is 88.7 Å². The zero-order chi connectivity index (χ0) is 12.0. The molecular formula is C9H18N2O4. The molecule has 0 aromatic carbocycles. The number of nitrogens with two attached hydrogens (primary N) is 1. The predicted octanol–water partition coefficient (Wildman–Crippen LogP) is -0.635. The van der Waals surface area contributed by atoms with E-state index in [-0.39, 0.29) is 6.42 Å². The maximum Gasteiger partial charge on any atom is 0.321 e. The van der Waals surface area contributed by atoms with Gasteiger partial charge in [-0.25, -0.2) is 0 Å². The molecule has 0 aromatic rings. The van der Waals surface area contributed by atoms with Crippen molar-refractivity contribution in [3.05, 3.63) is 0 Å². The number of likely N-dealkylation sites (N-methyl/N-ethyl adjacent to an activating group) is 1. The number of amides is 1. The van der Waals surface area contributed by atoms with E-state index in [1.54, 1.807) is 13.8 Å². The van der Waals surface area contributed by atoms with E-state index >= 15 is 0 Å². The van der Waals surface area contributed by atoms with E-state index in [0.29, 0.717) is 13.0 Å². The molecule has 0 bridgehead atoms. The highest BCUT2D eigenvalue weighted by Crippen LogP contribution is 2.10. The minimum Gasteiger partial charge on any atom is -0.480 e. The first-order valence-corrected chi connectivity index (χ1v) is 4.88. The van der Waals surface area contributed by atoms with Gasteiger partial charge in [0.15, 0.2) is 0 Å². The highest BCUT2D eigenvalue weighted by atomic mass is 16.4. The van der Waals surface area contributed by atoms with Gasteiger partial charge in [0.1, 0.15) is 12.3 Å². The van der Waals surface area contributed by atoms with Crippen molar-refractivity contribution in [1.29, 1.82) is 0 Å². The first-order valence-electron chi connectivity index (χ1n) is 4.88. The number of aliphatic hydroxyl groups is 1. The van der Waals surface area contributed by atoms with E-state index in [1.165, 1.54) is 4.90 Å². The predicted molar refractivity (Wildman–Crippen MR) is 53.9 cm³/mol. The summed E-state index contributed by atoms with van der Waals surface area (Å²) in [5, 5.41) is 18.5. The lowest BCUT2D eigenvalue weighted by molar-refractivity contribution is -0.150. The number of carboxylic acid groups (broad SMARTS) is 1. The van der Waals surface area contributed by atoms with Crippen LogP contribution >= 0.6 is 0 Å². The zero-order valence-electron chi connectivity index (χ0n) is 9.01. The molecule has 2 atom stereocenters. The first-order chi connectivity index (χ1) is 6.93. The van der Waals surface area contributed by atoms with Gasteiger partial charge in [0.25, 0.3) is 0 Å². The number of aliphatic hydroxyl groups excluding tert-OH is 1. The third kappa shape index (κ3) is 4.26. The summed E-state index contributed by atoms with van der Waals surface area (Å²) in [6, 6.07) is -1.05. The van der Waals surface area contributed by atoms with Crippen molar-refractivity contribution in [3.8, 4) is 0 Å². The van der Waals surface area contributed by atoms with Crippen LogP contribution in [0.2, 0.25) is 0 Å². The monoisotopic (exact) mass is 218 g/mol. The lowest BCUT2D eigenvalue weighted by Gasteiger charge is -2.30. The number of nitrogens with zero attached hydrogens (tertiary/aromatic N) is 1.